The molecule has 0 saturated heterocycles. The lowest BCUT2D eigenvalue weighted by Crippen LogP contribution is -2.15. The molecule has 0 bridgehead atoms. The van der Waals surface area contributed by atoms with Crippen LogP contribution in [0.25, 0.3) is 0 Å². The molecule has 0 saturated carbocycles. The van der Waals surface area contributed by atoms with Gasteiger partial charge in [-0.05, 0) is 42.7 Å². The van der Waals surface area contributed by atoms with Crippen molar-refractivity contribution in [3.05, 3.63) is 63.7 Å². The van der Waals surface area contributed by atoms with Gasteiger partial charge in [-0.15, -0.1) is 0 Å². The number of nitro benzene ring substituents is 1. The van der Waals surface area contributed by atoms with E-state index in [0.29, 0.717) is 6.61 Å². The van der Waals surface area contributed by atoms with Gasteiger partial charge in [-0.25, -0.2) is 0 Å². The summed E-state index contributed by atoms with van der Waals surface area (Å²) in [5, 5.41) is 13.5. The Morgan fingerprint density at radius 3 is 2.50 bits per heavy atom. The van der Waals surface area contributed by atoms with Crippen molar-refractivity contribution >= 4 is 17.3 Å². The van der Waals surface area contributed by atoms with Gasteiger partial charge >= 0.3 is 0 Å². The molecule has 24 heavy (non-hydrogen) atoms. The van der Waals surface area contributed by atoms with Gasteiger partial charge in [-0.1, -0.05) is 19.1 Å². The lowest BCUT2D eigenvalue weighted by molar-refractivity contribution is -0.384. The molecule has 126 valence electrons. The molecule has 0 unspecified atom stereocenters. The molecule has 0 aliphatic heterocycles. The molecule has 2 aromatic carbocycles. The first-order valence-corrected chi connectivity index (χ1v) is 7.76. The van der Waals surface area contributed by atoms with Crippen molar-refractivity contribution in [1.29, 1.82) is 0 Å². The second kappa shape index (κ2) is 8.10. The summed E-state index contributed by atoms with van der Waals surface area (Å²) in [6.07, 6.45) is 1.10. The molecule has 2 rings (SSSR count). The first-order valence-electron chi connectivity index (χ1n) is 7.76. The number of hydrogen-bond acceptors (Lipinski definition) is 4. The Kier molecular flexibility index (Phi) is 5.89. The van der Waals surface area contributed by atoms with Gasteiger partial charge in [0.25, 0.3) is 5.69 Å². The van der Waals surface area contributed by atoms with Gasteiger partial charge in [-0.2, -0.15) is 0 Å². The Hall–Kier alpha value is -2.89. The Bertz CT molecular complexity index is 726. The summed E-state index contributed by atoms with van der Waals surface area (Å²) in [6.45, 7) is 4.60. The maximum Gasteiger partial charge on any atom is 0.269 e. The van der Waals surface area contributed by atoms with Crippen LogP contribution in [-0.2, 0) is 11.2 Å². The maximum absolute atomic E-state index is 12.1. The van der Waals surface area contributed by atoms with Crippen LogP contribution in [0.3, 0.4) is 0 Å². The average molecular weight is 328 g/mol. The number of anilines is 1. The van der Waals surface area contributed by atoms with Crippen LogP contribution >= 0.6 is 0 Å². The predicted molar refractivity (Wildman–Crippen MR) is 92.4 cm³/mol. The fourth-order valence-corrected chi connectivity index (χ4v) is 2.20. The highest BCUT2D eigenvalue weighted by Crippen LogP contribution is 2.22. The molecule has 0 atom stereocenters. The predicted octanol–water partition coefficient (Wildman–Crippen LogP) is 3.87. The molecule has 6 nitrogen and oxygen atoms in total. The van der Waals surface area contributed by atoms with Gasteiger partial charge in [0.15, 0.2) is 0 Å². The van der Waals surface area contributed by atoms with Crippen LogP contribution in [0, 0.1) is 17.0 Å². The summed E-state index contributed by atoms with van der Waals surface area (Å²) < 4.78 is 5.55. The molecule has 0 aliphatic carbocycles. The number of aryl methyl sites for hydroxylation is 1. The number of hydrogen-bond donors (Lipinski definition) is 1. The number of nitrogens with one attached hydrogen (secondary N) is 1. The second-order valence-electron chi connectivity index (χ2n) is 5.47. The number of non-ortho nitro benzene ring substituents is 1. The van der Waals surface area contributed by atoms with Crippen molar-refractivity contribution in [1.82, 2.24) is 0 Å². The third kappa shape index (κ3) is 4.81. The van der Waals surface area contributed by atoms with Crippen molar-refractivity contribution in [2.75, 3.05) is 11.9 Å². The third-order valence-electron chi connectivity index (χ3n) is 3.46. The summed E-state index contributed by atoms with van der Waals surface area (Å²) in [4.78, 5) is 22.3. The van der Waals surface area contributed by atoms with Gasteiger partial charge in [0.1, 0.15) is 5.75 Å². The first kappa shape index (κ1) is 17.5. The fourth-order valence-electron chi connectivity index (χ4n) is 2.20. The van der Waals surface area contributed by atoms with Gasteiger partial charge in [-0.3, -0.25) is 14.9 Å². The van der Waals surface area contributed by atoms with Gasteiger partial charge in [0.05, 0.1) is 18.0 Å². The number of nitro groups is 1. The van der Waals surface area contributed by atoms with Crippen molar-refractivity contribution in [2.45, 2.75) is 26.7 Å². The highest BCUT2D eigenvalue weighted by Gasteiger charge is 2.09. The van der Waals surface area contributed by atoms with E-state index in [0.717, 1.165) is 29.0 Å². The zero-order valence-electron chi connectivity index (χ0n) is 13.7. The molecule has 0 radical (unpaired) electrons. The average Bonchev–Trinajstić information content (AvgIpc) is 2.55. The van der Waals surface area contributed by atoms with E-state index in [2.05, 4.69) is 5.32 Å². The summed E-state index contributed by atoms with van der Waals surface area (Å²) in [7, 11) is 0. The summed E-state index contributed by atoms with van der Waals surface area (Å²) in [5.74, 6) is 0.608. The molecule has 0 spiro atoms. The lowest BCUT2D eigenvalue weighted by atomic mass is 10.1. The maximum atomic E-state index is 12.1. The van der Waals surface area contributed by atoms with Crippen LogP contribution in [0.2, 0.25) is 0 Å². The Labute approximate surface area is 140 Å². The minimum Gasteiger partial charge on any atom is -0.494 e. The van der Waals surface area contributed by atoms with E-state index < -0.39 is 4.92 Å². The Balaban J connectivity index is 1.97. The van der Waals surface area contributed by atoms with Crippen LogP contribution in [0.1, 0.15) is 24.5 Å². The van der Waals surface area contributed by atoms with Crippen LogP contribution < -0.4 is 10.1 Å². The molecule has 0 heterocycles. The molecular weight excluding hydrogens is 308 g/mol. The van der Waals surface area contributed by atoms with E-state index in [1.54, 1.807) is 12.1 Å². The zero-order chi connectivity index (χ0) is 17.5. The normalized spacial score (nSPS) is 10.2. The van der Waals surface area contributed by atoms with Gasteiger partial charge in [0.2, 0.25) is 5.91 Å². The lowest BCUT2D eigenvalue weighted by Gasteiger charge is -2.11. The largest absolute Gasteiger partial charge is 0.494 e. The second-order valence-corrected chi connectivity index (χ2v) is 5.47. The van der Waals surface area contributed by atoms with Gasteiger partial charge in [0, 0.05) is 17.8 Å². The minimum atomic E-state index is -0.463. The molecule has 1 amide bonds. The van der Waals surface area contributed by atoms with Crippen molar-refractivity contribution < 1.29 is 14.5 Å². The molecule has 0 aromatic heterocycles. The Morgan fingerprint density at radius 1 is 1.21 bits per heavy atom. The zero-order valence-corrected chi connectivity index (χ0v) is 13.7. The van der Waals surface area contributed by atoms with E-state index >= 15 is 0 Å². The van der Waals surface area contributed by atoms with Crippen LogP contribution in [0.4, 0.5) is 11.4 Å². The summed E-state index contributed by atoms with van der Waals surface area (Å²) in [5.41, 5.74) is 2.38. The minimum absolute atomic E-state index is 0.0117. The van der Waals surface area contributed by atoms with E-state index in [1.165, 1.54) is 12.1 Å². The molecule has 0 aliphatic rings. The van der Waals surface area contributed by atoms with E-state index in [-0.39, 0.29) is 18.0 Å². The van der Waals surface area contributed by atoms with E-state index in [4.69, 9.17) is 4.74 Å². The van der Waals surface area contributed by atoms with E-state index in [9.17, 15) is 14.9 Å². The van der Waals surface area contributed by atoms with Crippen LogP contribution in [0.5, 0.6) is 5.75 Å². The molecule has 0 fully saturated rings. The van der Waals surface area contributed by atoms with Crippen molar-refractivity contribution in [3.63, 3.8) is 0 Å². The standard InChI is InChI=1S/C18H20N2O4/c1-3-10-24-16-8-9-17(13(2)11-16)19-18(21)12-14-4-6-15(7-5-14)20(22)23/h4-9,11H,3,10,12H2,1-2H3,(H,19,21). The molecule has 6 heteroatoms. The number of amides is 1. The molecule has 2 aromatic rings. The highest BCUT2D eigenvalue weighted by atomic mass is 16.6. The van der Waals surface area contributed by atoms with Crippen molar-refractivity contribution in [3.8, 4) is 5.75 Å². The van der Waals surface area contributed by atoms with Crippen molar-refractivity contribution in [2.24, 2.45) is 0 Å². The number of nitrogens with zero attached hydrogens (tertiary/aromatic N) is 1. The Morgan fingerprint density at radius 2 is 1.92 bits per heavy atom. The summed E-state index contributed by atoms with van der Waals surface area (Å²) >= 11 is 0. The number of carbonyl (C=O) groups is 1. The first-order chi connectivity index (χ1) is 11.5. The van der Waals surface area contributed by atoms with E-state index in [1.807, 2.05) is 32.0 Å². The summed E-state index contributed by atoms with van der Waals surface area (Å²) in [6, 6.07) is 11.5. The smallest absolute Gasteiger partial charge is 0.269 e. The molecular formula is C18H20N2O4. The topological polar surface area (TPSA) is 81.5 Å². The number of ether oxygens (including phenoxy) is 1. The van der Waals surface area contributed by atoms with Crippen LogP contribution in [0.15, 0.2) is 42.5 Å². The van der Waals surface area contributed by atoms with Crippen LogP contribution in [-0.4, -0.2) is 17.4 Å². The number of carbonyl (C=O) groups excluding carboxylic acids is 1. The number of rotatable bonds is 7. The third-order valence-corrected chi connectivity index (χ3v) is 3.46. The fraction of sp³-hybridized carbons (Fsp3) is 0.278. The number of benzene rings is 2. The van der Waals surface area contributed by atoms with Gasteiger partial charge < -0.3 is 10.1 Å². The molecule has 1 N–H and O–H groups in total. The SMILES string of the molecule is CCCOc1ccc(NC(=O)Cc2ccc([N+](=O)[O-])cc2)c(C)c1. The highest BCUT2D eigenvalue weighted by molar-refractivity contribution is 5.93. The quantitative estimate of drug-likeness (QED) is 0.618. The monoisotopic (exact) mass is 328 g/mol.